The maximum absolute atomic E-state index is 12.6. The van der Waals surface area contributed by atoms with Gasteiger partial charge in [0, 0.05) is 6.08 Å². The van der Waals surface area contributed by atoms with Crippen molar-refractivity contribution in [3.63, 3.8) is 0 Å². The van der Waals surface area contributed by atoms with Gasteiger partial charge in [-0.25, -0.2) is 13.2 Å². The van der Waals surface area contributed by atoms with Gasteiger partial charge in [0.05, 0.1) is 10.5 Å². The Labute approximate surface area is 196 Å². The molecule has 0 aliphatic rings. The molecule has 1 amide bonds. The predicted octanol–water partition coefficient (Wildman–Crippen LogP) is 2.87. The van der Waals surface area contributed by atoms with Crippen molar-refractivity contribution in [3.8, 4) is 11.5 Å². The number of hydrogen-bond donors (Lipinski definition) is 3. The number of sulfonamides is 1. The lowest BCUT2D eigenvalue weighted by Crippen LogP contribution is -2.41. The van der Waals surface area contributed by atoms with Crippen LogP contribution in [0.2, 0.25) is 0 Å². The van der Waals surface area contributed by atoms with Gasteiger partial charge in [-0.15, -0.1) is 4.83 Å². The Morgan fingerprint density at radius 2 is 1.50 bits per heavy atom. The van der Waals surface area contributed by atoms with E-state index in [1.165, 1.54) is 36.4 Å². The number of rotatable bonds is 11. The number of para-hydroxylation sites is 2. The zero-order chi connectivity index (χ0) is 24.4. The van der Waals surface area contributed by atoms with E-state index in [9.17, 15) is 18.0 Å². The van der Waals surface area contributed by atoms with Crippen molar-refractivity contribution in [1.82, 2.24) is 10.3 Å². The highest BCUT2D eigenvalue weighted by molar-refractivity contribution is 7.89. The average Bonchev–Trinajstić information content (AvgIpc) is 2.85. The van der Waals surface area contributed by atoms with Crippen molar-refractivity contribution in [2.24, 2.45) is 0 Å². The summed E-state index contributed by atoms with van der Waals surface area (Å²) < 4.78 is 36.2. The second kappa shape index (κ2) is 11.6. The van der Waals surface area contributed by atoms with Crippen LogP contribution in [-0.2, 0) is 14.8 Å². The quantitative estimate of drug-likeness (QED) is 0.218. The SMILES string of the molecule is O=C(O)C=Cc1ccc(S(=O)(=O)NNC(=O)c2ccccc2OCCOc2ccccc2)cc1. The third kappa shape index (κ3) is 7.19. The van der Waals surface area contributed by atoms with Gasteiger partial charge in [0.15, 0.2) is 0 Å². The van der Waals surface area contributed by atoms with Gasteiger partial charge in [-0.2, -0.15) is 0 Å². The van der Waals surface area contributed by atoms with Crippen LogP contribution in [0.1, 0.15) is 15.9 Å². The molecule has 3 rings (SSSR count). The van der Waals surface area contributed by atoms with E-state index in [4.69, 9.17) is 14.6 Å². The predicted molar refractivity (Wildman–Crippen MR) is 125 cm³/mol. The molecular weight excluding hydrogens is 460 g/mol. The zero-order valence-corrected chi connectivity index (χ0v) is 18.7. The standard InChI is InChI=1S/C24H22N2O7S/c27-23(28)15-12-18-10-13-20(14-11-18)34(30,31)26-25-24(29)21-8-4-5-9-22(21)33-17-16-32-19-6-2-1-3-7-19/h1-15,26H,16-17H2,(H,25,29)(H,27,28). The fourth-order valence-corrected chi connectivity index (χ4v) is 3.61. The number of aliphatic carboxylic acids is 1. The summed E-state index contributed by atoms with van der Waals surface area (Å²) in [6.45, 7) is 0.428. The first-order valence-electron chi connectivity index (χ1n) is 10.1. The van der Waals surface area contributed by atoms with Gasteiger partial charge in [-0.3, -0.25) is 10.2 Å². The fourth-order valence-electron chi connectivity index (χ4n) is 2.77. The topological polar surface area (TPSA) is 131 Å². The molecule has 3 aromatic rings. The number of ether oxygens (including phenoxy) is 2. The van der Waals surface area contributed by atoms with Crippen LogP contribution < -0.4 is 19.7 Å². The molecule has 0 radical (unpaired) electrons. The van der Waals surface area contributed by atoms with Crippen LogP contribution in [0.3, 0.4) is 0 Å². The van der Waals surface area contributed by atoms with Crippen LogP contribution in [0.25, 0.3) is 6.08 Å². The third-order valence-electron chi connectivity index (χ3n) is 4.39. The van der Waals surface area contributed by atoms with Gasteiger partial charge in [0.25, 0.3) is 15.9 Å². The molecule has 0 bridgehead atoms. The lowest BCUT2D eigenvalue weighted by Gasteiger charge is -2.13. The number of hydrazine groups is 1. The summed E-state index contributed by atoms with van der Waals surface area (Å²) in [6.07, 6.45) is 2.27. The minimum atomic E-state index is -4.06. The Hall–Kier alpha value is -4.15. The summed E-state index contributed by atoms with van der Waals surface area (Å²) in [4.78, 5) is 25.1. The number of carboxylic acid groups (broad SMARTS) is 1. The molecule has 0 aliphatic heterocycles. The molecule has 0 aliphatic carbocycles. The van der Waals surface area contributed by atoms with Crippen molar-refractivity contribution < 1.29 is 32.6 Å². The summed E-state index contributed by atoms with van der Waals surface area (Å²) in [7, 11) is -4.06. The largest absolute Gasteiger partial charge is 0.490 e. The number of amides is 1. The summed E-state index contributed by atoms with van der Waals surface area (Å²) in [5, 5.41) is 8.65. The summed E-state index contributed by atoms with van der Waals surface area (Å²) in [6, 6.07) is 21.1. The van der Waals surface area contributed by atoms with E-state index in [-0.39, 0.29) is 29.4 Å². The van der Waals surface area contributed by atoms with Crippen LogP contribution >= 0.6 is 0 Å². The van der Waals surface area contributed by atoms with Crippen LogP contribution in [0.15, 0.2) is 89.8 Å². The second-order valence-electron chi connectivity index (χ2n) is 6.81. The van der Waals surface area contributed by atoms with Crippen LogP contribution in [0, 0.1) is 0 Å². The molecule has 34 heavy (non-hydrogen) atoms. The number of hydrogen-bond acceptors (Lipinski definition) is 6. The lowest BCUT2D eigenvalue weighted by atomic mass is 10.2. The van der Waals surface area contributed by atoms with Crippen LogP contribution in [0.5, 0.6) is 11.5 Å². The van der Waals surface area contributed by atoms with E-state index >= 15 is 0 Å². The number of benzene rings is 3. The molecule has 0 spiro atoms. The summed E-state index contributed by atoms with van der Waals surface area (Å²) in [5.41, 5.74) is 2.81. The first kappa shape index (κ1) is 24.5. The Morgan fingerprint density at radius 3 is 2.21 bits per heavy atom. The van der Waals surface area contributed by atoms with E-state index in [1.807, 2.05) is 35.2 Å². The molecule has 0 atom stereocenters. The smallest absolute Gasteiger partial charge is 0.328 e. The highest BCUT2D eigenvalue weighted by Gasteiger charge is 2.17. The molecule has 9 nitrogen and oxygen atoms in total. The monoisotopic (exact) mass is 482 g/mol. The Bertz CT molecular complexity index is 1260. The highest BCUT2D eigenvalue weighted by Crippen LogP contribution is 2.18. The molecule has 3 N–H and O–H groups in total. The lowest BCUT2D eigenvalue weighted by molar-refractivity contribution is -0.131. The van der Waals surface area contributed by atoms with E-state index in [0.29, 0.717) is 11.3 Å². The molecule has 3 aromatic carbocycles. The van der Waals surface area contributed by atoms with Crippen molar-refractivity contribution in [2.75, 3.05) is 13.2 Å². The minimum Gasteiger partial charge on any atom is -0.490 e. The molecule has 0 saturated heterocycles. The molecule has 0 aromatic heterocycles. The van der Waals surface area contributed by atoms with Crippen molar-refractivity contribution in [3.05, 3.63) is 96.1 Å². The van der Waals surface area contributed by atoms with Gasteiger partial charge >= 0.3 is 5.97 Å². The number of carbonyl (C=O) groups excluding carboxylic acids is 1. The number of carboxylic acids is 1. The van der Waals surface area contributed by atoms with Gasteiger partial charge in [-0.1, -0.05) is 42.5 Å². The fraction of sp³-hybridized carbons (Fsp3) is 0.0833. The van der Waals surface area contributed by atoms with Gasteiger partial charge in [0.1, 0.15) is 24.7 Å². The van der Waals surface area contributed by atoms with Gasteiger partial charge < -0.3 is 14.6 Å². The van der Waals surface area contributed by atoms with Crippen molar-refractivity contribution >= 4 is 28.0 Å². The van der Waals surface area contributed by atoms with Crippen molar-refractivity contribution in [1.29, 1.82) is 0 Å². The molecule has 0 fully saturated rings. The maximum atomic E-state index is 12.6. The van der Waals surface area contributed by atoms with E-state index in [2.05, 4.69) is 5.43 Å². The zero-order valence-electron chi connectivity index (χ0n) is 17.9. The van der Waals surface area contributed by atoms with Crippen molar-refractivity contribution in [2.45, 2.75) is 4.90 Å². The molecule has 0 saturated carbocycles. The van der Waals surface area contributed by atoms with Gasteiger partial charge in [-0.05, 0) is 48.0 Å². The Balaban J connectivity index is 1.57. The minimum absolute atomic E-state index is 0.108. The number of carbonyl (C=O) groups is 2. The van der Waals surface area contributed by atoms with Crippen LogP contribution in [-0.4, -0.2) is 38.6 Å². The molecule has 0 unspecified atom stereocenters. The molecule has 10 heteroatoms. The first-order valence-corrected chi connectivity index (χ1v) is 11.6. The normalized spacial score (nSPS) is 11.2. The number of nitrogens with one attached hydrogen (secondary N) is 2. The van der Waals surface area contributed by atoms with E-state index < -0.39 is 21.9 Å². The Kier molecular flexibility index (Phi) is 8.38. The first-order chi connectivity index (χ1) is 16.3. The molecule has 0 heterocycles. The summed E-state index contributed by atoms with van der Waals surface area (Å²) in [5.74, 6) is -0.860. The third-order valence-corrected chi connectivity index (χ3v) is 5.66. The van der Waals surface area contributed by atoms with E-state index in [0.717, 1.165) is 6.08 Å². The van der Waals surface area contributed by atoms with Gasteiger partial charge in [0.2, 0.25) is 0 Å². The Morgan fingerprint density at radius 1 is 0.853 bits per heavy atom. The molecular formula is C24H22N2O7S. The summed E-state index contributed by atoms with van der Waals surface area (Å²) >= 11 is 0. The van der Waals surface area contributed by atoms with Crippen LogP contribution in [0.4, 0.5) is 0 Å². The average molecular weight is 483 g/mol. The highest BCUT2D eigenvalue weighted by atomic mass is 32.2. The molecule has 176 valence electrons. The second-order valence-corrected chi connectivity index (χ2v) is 8.49. The van der Waals surface area contributed by atoms with E-state index in [1.54, 1.807) is 18.2 Å². The maximum Gasteiger partial charge on any atom is 0.328 e.